The Morgan fingerprint density at radius 1 is 1.42 bits per heavy atom. The zero-order valence-electron chi connectivity index (χ0n) is 8.80. The summed E-state index contributed by atoms with van der Waals surface area (Å²) in [6.45, 7) is 12.2. The van der Waals surface area contributed by atoms with E-state index in [0.717, 1.165) is 17.9 Å². The van der Waals surface area contributed by atoms with Crippen LogP contribution in [0.3, 0.4) is 0 Å². The number of hydrogen-bond donors (Lipinski definition) is 0. The molecule has 1 unspecified atom stereocenters. The lowest BCUT2D eigenvalue weighted by atomic mass is 9.57. The van der Waals surface area contributed by atoms with Crippen LogP contribution in [0.1, 0.15) is 34.1 Å². The van der Waals surface area contributed by atoms with Gasteiger partial charge in [0.2, 0.25) is 0 Å². The van der Waals surface area contributed by atoms with Gasteiger partial charge in [-0.1, -0.05) is 13.8 Å². The molecule has 0 amide bonds. The molecule has 0 aromatic rings. The van der Waals surface area contributed by atoms with Gasteiger partial charge in [-0.25, -0.2) is 0 Å². The van der Waals surface area contributed by atoms with Crippen molar-refractivity contribution >= 4 is 0 Å². The molecule has 2 fully saturated rings. The predicted octanol–water partition coefficient (Wildman–Crippen LogP) is 2.37. The highest BCUT2D eigenvalue weighted by Gasteiger charge is 2.53. The van der Waals surface area contributed by atoms with E-state index in [1.807, 2.05) is 0 Å². The topological polar surface area (TPSA) is 3.24 Å². The number of hydrogen-bond acceptors (Lipinski definition) is 1. The molecule has 0 aromatic carbocycles. The van der Waals surface area contributed by atoms with Crippen molar-refractivity contribution in [2.45, 2.75) is 40.2 Å². The van der Waals surface area contributed by atoms with Gasteiger partial charge < -0.3 is 4.90 Å². The van der Waals surface area contributed by atoms with E-state index in [9.17, 15) is 0 Å². The van der Waals surface area contributed by atoms with Crippen LogP contribution in [0.15, 0.2) is 0 Å². The van der Waals surface area contributed by atoms with E-state index in [0.29, 0.717) is 5.41 Å². The number of rotatable bonds is 1. The molecule has 1 aliphatic carbocycles. The van der Waals surface area contributed by atoms with Crippen LogP contribution in [0, 0.1) is 17.3 Å². The standard InChI is InChI=1S/C11H21N/c1-8(2)12-6-10-9(3)5-11(10,4)7-12/h8-10H,5-7H2,1-4H3/t9-,10?,11-/m1/s1. The highest BCUT2D eigenvalue weighted by Crippen LogP contribution is 2.55. The van der Waals surface area contributed by atoms with Crippen LogP contribution in [0.4, 0.5) is 0 Å². The van der Waals surface area contributed by atoms with Gasteiger partial charge in [0.25, 0.3) is 0 Å². The van der Waals surface area contributed by atoms with Gasteiger partial charge in [0, 0.05) is 19.1 Å². The van der Waals surface area contributed by atoms with Crippen molar-refractivity contribution in [3.8, 4) is 0 Å². The maximum absolute atomic E-state index is 2.65. The summed E-state index contributed by atoms with van der Waals surface area (Å²) in [6, 6.07) is 0.750. The Morgan fingerprint density at radius 3 is 2.50 bits per heavy atom. The third-order valence-corrected chi connectivity index (χ3v) is 4.10. The molecule has 0 radical (unpaired) electrons. The maximum atomic E-state index is 2.65. The third kappa shape index (κ3) is 1.02. The van der Waals surface area contributed by atoms with Gasteiger partial charge >= 0.3 is 0 Å². The molecule has 1 saturated heterocycles. The largest absolute Gasteiger partial charge is 0.300 e. The Kier molecular flexibility index (Phi) is 1.76. The summed E-state index contributed by atoms with van der Waals surface area (Å²) in [5.74, 6) is 1.98. The second-order valence-electron chi connectivity index (χ2n) is 5.47. The first-order chi connectivity index (χ1) is 5.53. The molecule has 1 heterocycles. The molecular formula is C11H21N. The van der Waals surface area contributed by atoms with Crippen molar-refractivity contribution < 1.29 is 0 Å². The Bertz CT molecular complexity index is 187. The molecule has 1 saturated carbocycles. The minimum absolute atomic E-state index is 0.684. The molecular weight excluding hydrogens is 146 g/mol. The Labute approximate surface area is 76.1 Å². The van der Waals surface area contributed by atoms with Gasteiger partial charge in [-0.05, 0) is 37.5 Å². The first kappa shape index (κ1) is 8.55. The molecule has 0 spiro atoms. The molecule has 1 nitrogen and oxygen atoms in total. The minimum Gasteiger partial charge on any atom is -0.300 e. The lowest BCUT2D eigenvalue weighted by Crippen LogP contribution is -2.43. The van der Waals surface area contributed by atoms with Crippen molar-refractivity contribution in [3.05, 3.63) is 0 Å². The van der Waals surface area contributed by atoms with Crippen molar-refractivity contribution in [1.29, 1.82) is 0 Å². The fourth-order valence-electron chi connectivity index (χ4n) is 3.31. The van der Waals surface area contributed by atoms with Crippen LogP contribution in [0.2, 0.25) is 0 Å². The molecule has 1 heteroatoms. The Balaban J connectivity index is 2.04. The number of nitrogens with zero attached hydrogens (tertiary/aromatic N) is 1. The molecule has 12 heavy (non-hydrogen) atoms. The average molecular weight is 167 g/mol. The molecule has 0 N–H and O–H groups in total. The van der Waals surface area contributed by atoms with Crippen LogP contribution in [0.5, 0.6) is 0 Å². The lowest BCUT2D eigenvalue weighted by molar-refractivity contribution is 0.0330. The van der Waals surface area contributed by atoms with E-state index in [1.54, 1.807) is 0 Å². The van der Waals surface area contributed by atoms with E-state index in [2.05, 4.69) is 32.6 Å². The number of fused-ring (bicyclic) bond motifs is 1. The van der Waals surface area contributed by atoms with Gasteiger partial charge in [-0.2, -0.15) is 0 Å². The van der Waals surface area contributed by atoms with Crippen molar-refractivity contribution in [2.24, 2.45) is 17.3 Å². The quantitative estimate of drug-likeness (QED) is 0.579. The van der Waals surface area contributed by atoms with E-state index < -0.39 is 0 Å². The Hall–Kier alpha value is -0.0400. The molecule has 70 valence electrons. The summed E-state index contributed by atoms with van der Waals surface area (Å²) >= 11 is 0. The second kappa shape index (κ2) is 2.47. The summed E-state index contributed by atoms with van der Waals surface area (Å²) in [7, 11) is 0. The number of likely N-dealkylation sites (tertiary alicyclic amines) is 1. The SMILES string of the molecule is CC(C)N1CC2[C@H](C)C[C@]2(C)C1. The Morgan fingerprint density at radius 2 is 2.08 bits per heavy atom. The van der Waals surface area contributed by atoms with Crippen LogP contribution in [-0.4, -0.2) is 24.0 Å². The van der Waals surface area contributed by atoms with Crippen molar-refractivity contribution in [2.75, 3.05) is 13.1 Å². The second-order valence-corrected chi connectivity index (χ2v) is 5.47. The van der Waals surface area contributed by atoms with Crippen molar-refractivity contribution in [1.82, 2.24) is 4.90 Å². The summed E-state index contributed by atoms with van der Waals surface area (Å²) in [6.07, 6.45) is 1.46. The summed E-state index contributed by atoms with van der Waals surface area (Å²) in [5, 5.41) is 0. The smallest absolute Gasteiger partial charge is 0.00415 e. The predicted molar refractivity (Wildman–Crippen MR) is 52.1 cm³/mol. The third-order valence-electron chi connectivity index (χ3n) is 4.10. The maximum Gasteiger partial charge on any atom is 0.00415 e. The normalized spacial score (nSPS) is 47.8. The fraction of sp³-hybridized carbons (Fsp3) is 1.00. The molecule has 0 aromatic heterocycles. The van der Waals surface area contributed by atoms with Gasteiger partial charge in [0.05, 0.1) is 0 Å². The van der Waals surface area contributed by atoms with Crippen LogP contribution in [0.25, 0.3) is 0 Å². The van der Waals surface area contributed by atoms with E-state index >= 15 is 0 Å². The zero-order valence-corrected chi connectivity index (χ0v) is 8.80. The highest BCUT2D eigenvalue weighted by molar-refractivity contribution is 5.04. The summed E-state index contributed by atoms with van der Waals surface area (Å²) in [5.41, 5.74) is 0.684. The molecule has 2 rings (SSSR count). The monoisotopic (exact) mass is 167 g/mol. The molecule has 1 aliphatic heterocycles. The zero-order chi connectivity index (χ0) is 8.93. The first-order valence-corrected chi connectivity index (χ1v) is 5.27. The van der Waals surface area contributed by atoms with Crippen LogP contribution in [-0.2, 0) is 0 Å². The van der Waals surface area contributed by atoms with E-state index in [1.165, 1.54) is 19.5 Å². The van der Waals surface area contributed by atoms with Gasteiger partial charge in [0.15, 0.2) is 0 Å². The first-order valence-electron chi connectivity index (χ1n) is 5.27. The lowest BCUT2D eigenvalue weighted by Gasteiger charge is -2.47. The van der Waals surface area contributed by atoms with Gasteiger partial charge in [0.1, 0.15) is 0 Å². The van der Waals surface area contributed by atoms with E-state index in [-0.39, 0.29) is 0 Å². The summed E-state index contributed by atoms with van der Waals surface area (Å²) in [4.78, 5) is 2.65. The molecule has 3 atom stereocenters. The minimum atomic E-state index is 0.684. The molecule has 0 bridgehead atoms. The van der Waals surface area contributed by atoms with Gasteiger partial charge in [-0.3, -0.25) is 0 Å². The average Bonchev–Trinajstić information content (AvgIpc) is 2.22. The summed E-state index contributed by atoms with van der Waals surface area (Å²) < 4.78 is 0. The van der Waals surface area contributed by atoms with Crippen LogP contribution >= 0.6 is 0 Å². The van der Waals surface area contributed by atoms with Crippen molar-refractivity contribution in [3.63, 3.8) is 0 Å². The molecule has 2 aliphatic rings. The van der Waals surface area contributed by atoms with Gasteiger partial charge in [-0.15, -0.1) is 0 Å². The van der Waals surface area contributed by atoms with E-state index in [4.69, 9.17) is 0 Å². The highest BCUT2D eigenvalue weighted by atomic mass is 15.2. The fourth-order valence-corrected chi connectivity index (χ4v) is 3.31. The van der Waals surface area contributed by atoms with Crippen LogP contribution < -0.4 is 0 Å².